The first-order valence-electron chi connectivity index (χ1n) is 7.31. The van der Waals surface area contributed by atoms with Gasteiger partial charge in [0.2, 0.25) is 0 Å². The monoisotopic (exact) mass is 361 g/mol. The number of rotatable bonds is 5. The summed E-state index contributed by atoms with van der Waals surface area (Å²) in [4.78, 5) is 12.9. The number of ketones is 1. The number of halogens is 2. The van der Waals surface area contributed by atoms with Crippen LogP contribution in [0.1, 0.15) is 27.6 Å². The molecule has 6 nitrogen and oxygen atoms in total. The number of carbonyl (C=O) groups is 1. The Bertz CT molecular complexity index is 921. The molecule has 0 unspecified atom stereocenters. The molecule has 0 saturated heterocycles. The fraction of sp³-hybridized carbons (Fsp3) is 0.118. The number of aromatic nitrogens is 3. The molecule has 0 aliphatic rings. The van der Waals surface area contributed by atoms with E-state index in [1.807, 2.05) is 0 Å². The number of aliphatic hydroxyl groups excluding tert-OH is 2. The lowest BCUT2D eigenvalue weighted by Crippen LogP contribution is -2.13. The van der Waals surface area contributed by atoms with E-state index in [2.05, 4.69) is 10.2 Å². The highest BCUT2D eigenvalue weighted by atomic mass is 35.5. The molecule has 2 N–H and O–H groups in total. The second-order valence-electron chi connectivity index (χ2n) is 5.15. The minimum absolute atomic E-state index is 0.0114. The number of hydrogen-bond acceptors (Lipinski definition) is 5. The second kappa shape index (κ2) is 7.10. The number of nitrogens with zero attached hydrogens (tertiary/aromatic N) is 3. The predicted molar refractivity (Wildman–Crippen MR) is 88.0 cm³/mol. The SMILES string of the molecule is O=C(c1ccccc1Cl)c1cc(F)ccc1-n1c(CO)nnc1CO. The summed E-state index contributed by atoms with van der Waals surface area (Å²) in [6.07, 6.45) is 0. The lowest BCUT2D eigenvalue weighted by Gasteiger charge is -2.14. The van der Waals surface area contributed by atoms with E-state index in [-0.39, 0.29) is 33.5 Å². The third-order valence-corrected chi connectivity index (χ3v) is 3.97. The maximum Gasteiger partial charge on any atom is 0.196 e. The van der Waals surface area contributed by atoms with Crippen LogP contribution in [0, 0.1) is 5.82 Å². The van der Waals surface area contributed by atoms with E-state index in [1.165, 1.54) is 22.8 Å². The molecule has 1 heterocycles. The molecule has 0 atom stereocenters. The summed E-state index contributed by atoms with van der Waals surface area (Å²) in [6, 6.07) is 10.0. The van der Waals surface area contributed by atoms with E-state index < -0.39 is 24.8 Å². The summed E-state index contributed by atoms with van der Waals surface area (Å²) in [5.74, 6) is -0.877. The number of carbonyl (C=O) groups excluding carboxylic acids is 1. The summed E-state index contributed by atoms with van der Waals surface area (Å²) in [5.41, 5.74) is 0.460. The Morgan fingerprint density at radius 2 is 1.68 bits per heavy atom. The van der Waals surface area contributed by atoms with Crippen molar-refractivity contribution in [2.24, 2.45) is 0 Å². The summed E-state index contributed by atoms with van der Waals surface area (Å²) in [5, 5.41) is 26.7. The maximum absolute atomic E-state index is 13.8. The first-order valence-corrected chi connectivity index (χ1v) is 7.68. The van der Waals surface area contributed by atoms with Gasteiger partial charge in [0.1, 0.15) is 19.0 Å². The Labute approximate surface area is 147 Å². The van der Waals surface area contributed by atoms with Gasteiger partial charge in [-0.15, -0.1) is 10.2 Å². The zero-order chi connectivity index (χ0) is 18.0. The molecule has 0 amide bonds. The molecule has 25 heavy (non-hydrogen) atoms. The van der Waals surface area contributed by atoms with E-state index in [1.54, 1.807) is 18.2 Å². The molecule has 8 heteroatoms. The lowest BCUT2D eigenvalue weighted by molar-refractivity contribution is 0.103. The third-order valence-electron chi connectivity index (χ3n) is 3.64. The van der Waals surface area contributed by atoms with Crippen molar-refractivity contribution in [3.8, 4) is 5.69 Å². The molecule has 0 fully saturated rings. The first kappa shape index (κ1) is 17.2. The Hall–Kier alpha value is -2.61. The van der Waals surface area contributed by atoms with Crippen molar-refractivity contribution in [1.29, 1.82) is 0 Å². The molecule has 1 aromatic heterocycles. The van der Waals surface area contributed by atoms with Crippen LogP contribution in [0.15, 0.2) is 42.5 Å². The number of hydrogen-bond donors (Lipinski definition) is 2. The van der Waals surface area contributed by atoms with Gasteiger partial charge in [-0.2, -0.15) is 0 Å². The van der Waals surface area contributed by atoms with Crippen molar-refractivity contribution in [3.05, 3.63) is 76.1 Å². The van der Waals surface area contributed by atoms with E-state index in [9.17, 15) is 19.4 Å². The van der Waals surface area contributed by atoms with E-state index in [0.29, 0.717) is 0 Å². The zero-order valence-corrected chi connectivity index (χ0v) is 13.6. The van der Waals surface area contributed by atoms with E-state index >= 15 is 0 Å². The van der Waals surface area contributed by atoms with Crippen molar-refractivity contribution in [1.82, 2.24) is 14.8 Å². The summed E-state index contributed by atoms with van der Waals surface area (Å²) in [6.45, 7) is -0.936. The fourth-order valence-electron chi connectivity index (χ4n) is 2.51. The van der Waals surface area contributed by atoms with E-state index in [0.717, 1.165) is 6.07 Å². The predicted octanol–water partition coefficient (Wildman–Crippen LogP) is 2.28. The van der Waals surface area contributed by atoms with Gasteiger partial charge in [0.05, 0.1) is 10.7 Å². The van der Waals surface area contributed by atoms with Gasteiger partial charge < -0.3 is 10.2 Å². The highest BCUT2D eigenvalue weighted by Crippen LogP contribution is 2.25. The topological polar surface area (TPSA) is 88.2 Å². The molecule has 0 aliphatic carbocycles. The standard InChI is InChI=1S/C17H13ClFN3O3/c18-13-4-2-1-3-11(13)17(25)12-7-10(19)5-6-14(12)22-15(8-23)20-21-16(22)9-24/h1-7,23-24H,8-9H2. The largest absolute Gasteiger partial charge is 0.388 e. The average molecular weight is 362 g/mol. The molecule has 0 spiro atoms. The number of aliphatic hydroxyl groups is 2. The van der Waals surface area contributed by atoms with Gasteiger partial charge >= 0.3 is 0 Å². The molecule has 128 valence electrons. The van der Waals surface area contributed by atoms with Crippen molar-refractivity contribution in [2.45, 2.75) is 13.2 Å². The van der Waals surface area contributed by atoms with Gasteiger partial charge in [0.25, 0.3) is 0 Å². The fourth-order valence-corrected chi connectivity index (χ4v) is 2.73. The lowest BCUT2D eigenvalue weighted by atomic mass is 10.0. The quantitative estimate of drug-likeness (QED) is 0.681. The molecule has 3 aromatic rings. The molecule has 0 bridgehead atoms. The maximum atomic E-state index is 13.8. The van der Waals surface area contributed by atoms with Crippen LogP contribution in [0.5, 0.6) is 0 Å². The normalized spacial score (nSPS) is 10.9. The molecule has 0 radical (unpaired) electrons. The average Bonchev–Trinajstić information content (AvgIpc) is 3.04. The van der Waals surface area contributed by atoms with Gasteiger partial charge in [-0.1, -0.05) is 23.7 Å². The Morgan fingerprint density at radius 1 is 1.04 bits per heavy atom. The van der Waals surface area contributed by atoms with Crippen LogP contribution in [0.25, 0.3) is 5.69 Å². The summed E-state index contributed by atoms with van der Waals surface area (Å²) < 4.78 is 15.1. The Balaban J connectivity index is 2.23. The van der Waals surface area contributed by atoms with Crippen molar-refractivity contribution in [2.75, 3.05) is 0 Å². The summed E-state index contributed by atoms with van der Waals surface area (Å²) in [7, 11) is 0. The molecule has 0 aliphatic heterocycles. The van der Waals surface area contributed by atoms with Crippen LogP contribution in [-0.2, 0) is 13.2 Å². The van der Waals surface area contributed by atoms with Crippen LogP contribution in [0.3, 0.4) is 0 Å². The first-order chi connectivity index (χ1) is 12.1. The van der Waals surface area contributed by atoms with Gasteiger partial charge in [-0.25, -0.2) is 4.39 Å². The van der Waals surface area contributed by atoms with Crippen molar-refractivity contribution >= 4 is 17.4 Å². The van der Waals surface area contributed by atoms with Gasteiger partial charge in [-0.05, 0) is 30.3 Å². The van der Waals surface area contributed by atoms with Crippen molar-refractivity contribution in [3.63, 3.8) is 0 Å². The zero-order valence-electron chi connectivity index (χ0n) is 12.9. The van der Waals surface area contributed by atoms with Crippen LogP contribution in [-0.4, -0.2) is 30.8 Å². The summed E-state index contributed by atoms with van der Waals surface area (Å²) >= 11 is 6.08. The molecular weight excluding hydrogens is 349 g/mol. The molecular formula is C17H13ClFN3O3. The highest BCUT2D eigenvalue weighted by molar-refractivity contribution is 6.35. The second-order valence-corrected chi connectivity index (χ2v) is 5.56. The van der Waals surface area contributed by atoms with Gasteiger partial charge in [-0.3, -0.25) is 9.36 Å². The van der Waals surface area contributed by atoms with Crippen LogP contribution >= 0.6 is 11.6 Å². The van der Waals surface area contributed by atoms with Crippen molar-refractivity contribution < 1.29 is 19.4 Å². The van der Waals surface area contributed by atoms with Gasteiger partial charge in [0, 0.05) is 11.1 Å². The van der Waals surface area contributed by atoms with E-state index in [4.69, 9.17) is 11.6 Å². The van der Waals surface area contributed by atoms with Crippen LogP contribution in [0.2, 0.25) is 5.02 Å². The van der Waals surface area contributed by atoms with Crippen LogP contribution in [0.4, 0.5) is 4.39 Å². The van der Waals surface area contributed by atoms with Gasteiger partial charge in [0.15, 0.2) is 17.4 Å². The molecule has 0 saturated carbocycles. The minimum Gasteiger partial charge on any atom is -0.388 e. The smallest absolute Gasteiger partial charge is 0.196 e. The Kier molecular flexibility index (Phi) is 4.89. The third kappa shape index (κ3) is 3.17. The Morgan fingerprint density at radius 3 is 2.28 bits per heavy atom. The molecule has 2 aromatic carbocycles. The highest BCUT2D eigenvalue weighted by Gasteiger charge is 2.22. The van der Waals surface area contributed by atoms with Crippen LogP contribution < -0.4 is 0 Å². The number of benzene rings is 2. The molecule has 3 rings (SSSR count). The minimum atomic E-state index is -0.608.